The number of hydrogen-bond donors (Lipinski definition) is 2. The molecule has 0 aliphatic carbocycles. The third-order valence-electron chi connectivity index (χ3n) is 3.27. The lowest BCUT2D eigenvalue weighted by molar-refractivity contribution is -0.122. The van der Waals surface area contributed by atoms with Crippen LogP contribution in [0.25, 0.3) is 0 Å². The van der Waals surface area contributed by atoms with Crippen molar-refractivity contribution in [3.05, 3.63) is 35.9 Å². The quantitative estimate of drug-likeness (QED) is 0.707. The van der Waals surface area contributed by atoms with Crippen molar-refractivity contribution in [3.63, 3.8) is 0 Å². The molecule has 0 aromatic heterocycles. The van der Waals surface area contributed by atoms with Gasteiger partial charge in [-0.05, 0) is 25.8 Å². The lowest BCUT2D eigenvalue weighted by atomic mass is 10.1. The fourth-order valence-electron chi connectivity index (χ4n) is 2.03. The second-order valence-corrected chi connectivity index (χ2v) is 5.02. The van der Waals surface area contributed by atoms with E-state index in [0.29, 0.717) is 0 Å². The van der Waals surface area contributed by atoms with Crippen molar-refractivity contribution in [3.8, 4) is 0 Å². The van der Waals surface area contributed by atoms with Gasteiger partial charge < -0.3 is 5.32 Å². The Balaban J connectivity index is 2.33. The third kappa shape index (κ3) is 5.88. The Morgan fingerprint density at radius 2 is 1.84 bits per heavy atom. The van der Waals surface area contributed by atoms with Crippen LogP contribution in [0, 0.1) is 0 Å². The van der Waals surface area contributed by atoms with E-state index in [1.807, 2.05) is 25.1 Å². The highest BCUT2D eigenvalue weighted by Gasteiger charge is 2.15. The van der Waals surface area contributed by atoms with E-state index in [4.69, 9.17) is 0 Å². The van der Waals surface area contributed by atoms with E-state index in [0.717, 1.165) is 13.0 Å². The van der Waals surface area contributed by atoms with E-state index in [1.165, 1.54) is 18.4 Å². The van der Waals surface area contributed by atoms with E-state index in [2.05, 4.69) is 36.6 Å². The molecule has 1 aromatic carbocycles. The van der Waals surface area contributed by atoms with E-state index < -0.39 is 0 Å². The Morgan fingerprint density at radius 3 is 2.47 bits per heavy atom. The predicted octanol–water partition coefficient (Wildman–Crippen LogP) is 3.03. The van der Waals surface area contributed by atoms with E-state index >= 15 is 0 Å². The Hall–Kier alpha value is -1.35. The van der Waals surface area contributed by atoms with Gasteiger partial charge in [0.05, 0.1) is 6.04 Å². The molecule has 0 aliphatic heterocycles. The summed E-state index contributed by atoms with van der Waals surface area (Å²) in [6.45, 7) is 6.93. The van der Waals surface area contributed by atoms with Crippen molar-refractivity contribution in [2.45, 2.75) is 52.1 Å². The van der Waals surface area contributed by atoms with Crippen LogP contribution in [0.2, 0.25) is 0 Å². The molecular weight excluding hydrogens is 236 g/mol. The average Bonchev–Trinajstić information content (AvgIpc) is 2.44. The van der Waals surface area contributed by atoms with Gasteiger partial charge in [0.25, 0.3) is 0 Å². The first-order valence-electron chi connectivity index (χ1n) is 7.23. The van der Waals surface area contributed by atoms with Crippen LogP contribution in [-0.2, 0) is 4.79 Å². The van der Waals surface area contributed by atoms with Gasteiger partial charge in [0, 0.05) is 12.6 Å². The van der Waals surface area contributed by atoms with E-state index in [-0.39, 0.29) is 18.0 Å². The molecule has 0 heterocycles. The number of unbranched alkanes of at least 4 members (excludes halogenated alkanes) is 2. The number of amides is 1. The topological polar surface area (TPSA) is 41.1 Å². The van der Waals surface area contributed by atoms with Crippen molar-refractivity contribution in [2.24, 2.45) is 0 Å². The number of rotatable bonds is 8. The summed E-state index contributed by atoms with van der Waals surface area (Å²) < 4.78 is 0. The first kappa shape index (κ1) is 15.7. The van der Waals surface area contributed by atoms with Gasteiger partial charge in [0.15, 0.2) is 0 Å². The van der Waals surface area contributed by atoms with Crippen molar-refractivity contribution in [1.29, 1.82) is 0 Å². The highest BCUT2D eigenvalue weighted by atomic mass is 16.2. The van der Waals surface area contributed by atoms with Crippen molar-refractivity contribution in [2.75, 3.05) is 6.54 Å². The summed E-state index contributed by atoms with van der Waals surface area (Å²) in [4.78, 5) is 11.9. The molecule has 2 unspecified atom stereocenters. The Morgan fingerprint density at radius 1 is 1.16 bits per heavy atom. The molecule has 1 amide bonds. The summed E-state index contributed by atoms with van der Waals surface area (Å²) in [6.07, 6.45) is 3.40. The molecule has 0 spiro atoms. The SMILES string of the molecule is CCCCCNC(=O)C(C)NC(C)c1ccccc1. The van der Waals surface area contributed by atoms with Crippen LogP contribution < -0.4 is 10.6 Å². The third-order valence-corrected chi connectivity index (χ3v) is 3.27. The van der Waals surface area contributed by atoms with Crippen LogP contribution in [0.4, 0.5) is 0 Å². The fraction of sp³-hybridized carbons (Fsp3) is 0.562. The molecule has 3 heteroatoms. The molecule has 2 atom stereocenters. The lowest BCUT2D eigenvalue weighted by Crippen LogP contribution is -2.43. The normalized spacial score (nSPS) is 13.8. The van der Waals surface area contributed by atoms with Crippen LogP contribution in [0.5, 0.6) is 0 Å². The maximum atomic E-state index is 11.9. The van der Waals surface area contributed by atoms with Crippen molar-refractivity contribution >= 4 is 5.91 Å². The molecule has 0 fully saturated rings. The summed E-state index contributed by atoms with van der Waals surface area (Å²) in [5.74, 6) is 0.0823. The van der Waals surface area contributed by atoms with E-state index in [9.17, 15) is 4.79 Å². The molecule has 0 bridgehead atoms. The molecular formula is C16H26N2O. The standard InChI is InChI=1S/C16H26N2O/c1-4-5-9-12-17-16(19)14(3)18-13(2)15-10-7-6-8-11-15/h6-8,10-11,13-14,18H,4-5,9,12H2,1-3H3,(H,17,19). The Labute approximate surface area is 116 Å². The molecule has 106 valence electrons. The molecule has 1 rings (SSSR count). The Kier molecular flexibility index (Phi) is 7.19. The summed E-state index contributed by atoms with van der Waals surface area (Å²) in [5, 5.41) is 6.30. The number of hydrogen-bond acceptors (Lipinski definition) is 2. The van der Waals surface area contributed by atoms with Crippen LogP contribution in [-0.4, -0.2) is 18.5 Å². The van der Waals surface area contributed by atoms with Gasteiger partial charge in [-0.3, -0.25) is 10.1 Å². The Bertz CT molecular complexity index is 364. The van der Waals surface area contributed by atoms with Gasteiger partial charge in [-0.25, -0.2) is 0 Å². The highest BCUT2D eigenvalue weighted by molar-refractivity contribution is 5.81. The first-order chi connectivity index (χ1) is 9.15. The number of carbonyl (C=O) groups is 1. The summed E-state index contributed by atoms with van der Waals surface area (Å²) in [6, 6.07) is 10.2. The predicted molar refractivity (Wildman–Crippen MR) is 80.0 cm³/mol. The number of carbonyl (C=O) groups excluding carboxylic acids is 1. The minimum atomic E-state index is -0.170. The van der Waals surface area contributed by atoms with Crippen molar-refractivity contribution in [1.82, 2.24) is 10.6 Å². The van der Waals surface area contributed by atoms with Crippen LogP contribution in [0.3, 0.4) is 0 Å². The summed E-state index contributed by atoms with van der Waals surface area (Å²) in [5.41, 5.74) is 1.20. The minimum absolute atomic E-state index is 0.0823. The van der Waals surface area contributed by atoms with Gasteiger partial charge >= 0.3 is 0 Å². The molecule has 0 saturated heterocycles. The van der Waals surface area contributed by atoms with Crippen molar-refractivity contribution < 1.29 is 4.79 Å². The zero-order valence-corrected chi connectivity index (χ0v) is 12.3. The molecule has 1 aromatic rings. The van der Waals surface area contributed by atoms with Gasteiger partial charge in [-0.15, -0.1) is 0 Å². The smallest absolute Gasteiger partial charge is 0.236 e. The van der Waals surface area contributed by atoms with Crippen LogP contribution >= 0.6 is 0 Å². The molecule has 2 N–H and O–H groups in total. The summed E-state index contributed by atoms with van der Waals surface area (Å²) in [7, 11) is 0. The van der Waals surface area contributed by atoms with Gasteiger partial charge in [-0.2, -0.15) is 0 Å². The molecule has 0 radical (unpaired) electrons. The molecule has 0 saturated carbocycles. The molecule has 19 heavy (non-hydrogen) atoms. The highest BCUT2D eigenvalue weighted by Crippen LogP contribution is 2.11. The largest absolute Gasteiger partial charge is 0.355 e. The molecule has 3 nitrogen and oxygen atoms in total. The van der Waals surface area contributed by atoms with Crippen LogP contribution in [0.1, 0.15) is 51.6 Å². The fourth-order valence-corrected chi connectivity index (χ4v) is 2.03. The molecule has 0 aliphatic rings. The number of nitrogens with one attached hydrogen (secondary N) is 2. The number of benzene rings is 1. The zero-order valence-electron chi connectivity index (χ0n) is 12.3. The average molecular weight is 262 g/mol. The second-order valence-electron chi connectivity index (χ2n) is 5.02. The maximum absolute atomic E-state index is 11.9. The first-order valence-corrected chi connectivity index (χ1v) is 7.23. The maximum Gasteiger partial charge on any atom is 0.236 e. The van der Waals surface area contributed by atoms with Gasteiger partial charge in [0.1, 0.15) is 0 Å². The van der Waals surface area contributed by atoms with Gasteiger partial charge in [0.2, 0.25) is 5.91 Å². The minimum Gasteiger partial charge on any atom is -0.355 e. The van der Waals surface area contributed by atoms with Gasteiger partial charge in [-0.1, -0.05) is 50.1 Å². The van der Waals surface area contributed by atoms with Crippen LogP contribution in [0.15, 0.2) is 30.3 Å². The summed E-state index contributed by atoms with van der Waals surface area (Å²) >= 11 is 0. The monoisotopic (exact) mass is 262 g/mol. The van der Waals surface area contributed by atoms with E-state index in [1.54, 1.807) is 0 Å². The second kappa shape index (κ2) is 8.70. The zero-order chi connectivity index (χ0) is 14.1. The lowest BCUT2D eigenvalue weighted by Gasteiger charge is -2.20.